The van der Waals surface area contributed by atoms with Crippen LogP contribution in [-0.2, 0) is 13.1 Å². The van der Waals surface area contributed by atoms with E-state index in [1.807, 2.05) is 0 Å². The molecule has 0 aliphatic heterocycles. The minimum atomic E-state index is 0.938. The van der Waals surface area contributed by atoms with Crippen LogP contribution in [0.4, 0.5) is 0 Å². The van der Waals surface area contributed by atoms with Gasteiger partial charge in [-0.15, -0.1) is 0 Å². The van der Waals surface area contributed by atoms with E-state index in [-0.39, 0.29) is 0 Å². The van der Waals surface area contributed by atoms with Crippen LogP contribution in [0, 0.1) is 0 Å². The molecule has 0 saturated carbocycles. The van der Waals surface area contributed by atoms with Gasteiger partial charge in [0.2, 0.25) is 6.33 Å². The van der Waals surface area contributed by atoms with Crippen LogP contribution >= 0.6 is 15.9 Å². The molecule has 0 saturated heterocycles. The van der Waals surface area contributed by atoms with Gasteiger partial charge in [-0.3, -0.25) is 0 Å². The van der Waals surface area contributed by atoms with E-state index in [0.29, 0.717) is 0 Å². The third-order valence-electron chi connectivity index (χ3n) is 2.95. The number of hydrogen-bond acceptors (Lipinski definition) is 0. The highest BCUT2D eigenvalue weighted by atomic mass is 79.9. The second kappa shape index (κ2) is 7.95. The van der Waals surface area contributed by atoms with Gasteiger partial charge in [-0.25, -0.2) is 9.13 Å². The van der Waals surface area contributed by atoms with E-state index >= 15 is 0 Å². The predicted molar refractivity (Wildman–Crippen MR) is 82.3 cm³/mol. The Morgan fingerprint density at radius 3 is 2.68 bits per heavy atom. The average molecular weight is 320 g/mol. The van der Waals surface area contributed by atoms with Gasteiger partial charge < -0.3 is 0 Å². The van der Waals surface area contributed by atoms with Gasteiger partial charge in [0.15, 0.2) is 0 Å². The first-order valence-corrected chi connectivity index (χ1v) is 7.80. The molecule has 0 bridgehead atoms. The number of alkyl halides is 1. The van der Waals surface area contributed by atoms with Gasteiger partial charge in [0.05, 0.1) is 6.54 Å². The summed E-state index contributed by atoms with van der Waals surface area (Å²) in [4.78, 5) is 0. The number of aryl methyl sites for hydroxylation is 1. The predicted octanol–water partition coefficient (Wildman–Crippen LogP) is 3.56. The van der Waals surface area contributed by atoms with Crippen molar-refractivity contribution < 1.29 is 4.57 Å². The molecule has 0 unspecified atom stereocenters. The Kier molecular flexibility index (Phi) is 5.89. The van der Waals surface area contributed by atoms with E-state index in [4.69, 9.17) is 0 Å². The summed E-state index contributed by atoms with van der Waals surface area (Å²) in [6, 6.07) is 10.5. The first-order valence-electron chi connectivity index (χ1n) is 6.68. The first-order chi connectivity index (χ1) is 9.38. The first kappa shape index (κ1) is 14.1. The number of nitrogens with zero attached hydrogens (tertiary/aromatic N) is 2. The Labute approximate surface area is 123 Å². The van der Waals surface area contributed by atoms with Gasteiger partial charge in [0.1, 0.15) is 18.9 Å². The lowest BCUT2D eigenvalue weighted by molar-refractivity contribution is -0.687. The maximum absolute atomic E-state index is 3.42. The molecule has 19 heavy (non-hydrogen) atoms. The largest absolute Gasteiger partial charge is 0.244 e. The molecule has 0 aliphatic rings. The fourth-order valence-corrected chi connectivity index (χ4v) is 2.25. The van der Waals surface area contributed by atoms with Crippen molar-refractivity contribution in [1.82, 2.24) is 4.57 Å². The zero-order valence-corrected chi connectivity index (χ0v) is 12.7. The smallest absolute Gasteiger partial charge is 0.237 e. The fraction of sp³-hybridized carbons (Fsp3) is 0.312. The summed E-state index contributed by atoms with van der Waals surface area (Å²) in [5, 5.41) is 1.05. The third kappa shape index (κ3) is 5.03. The molecule has 0 radical (unpaired) electrons. The number of allylic oxidation sites excluding steroid dienone is 2. The minimum Gasteiger partial charge on any atom is -0.237 e. The Bertz CT molecular complexity index is 502. The number of rotatable bonds is 7. The normalized spacial score (nSPS) is 11.2. The molecule has 3 heteroatoms. The van der Waals surface area contributed by atoms with Crippen LogP contribution in [0.5, 0.6) is 0 Å². The van der Waals surface area contributed by atoms with Crippen LogP contribution < -0.4 is 4.57 Å². The molecular weight excluding hydrogens is 300 g/mol. The molecule has 0 fully saturated rings. The molecule has 2 rings (SSSR count). The zero-order chi connectivity index (χ0) is 13.3. The van der Waals surface area contributed by atoms with Crippen LogP contribution in [0.15, 0.2) is 61.2 Å². The van der Waals surface area contributed by atoms with Gasteiger partial charge in [0.25, 0.3) is 0 Å². The summed E-state index contributed by atoms with van der Waals surface area (Å²) in [7, 11) is 0. The Balaban J connectivity index is 1.82. The highest BCUT2D eigenvalue weighted by Gasteiger charge is 2.03. The average Bonchev–Trinajstić information content (AvgIpc) is 2.87. The topological polar surface area (TPSA) is 8.81 Å². The lowest BCUT2D eigenvalue weighted by atomic mass is 10.2. The maximum Gasteiger partial charge on any atom is 0.244 e. The van der Waals surface area contributed by atoms with Gasteiger partial charge >= 0.3 is 0 Å². The van der Waals surface area contributed by atoms with Crippen molar-refractivity contribution in [2.75, 3.05) is 5.33 Å². The van der Waals surface area contributed by atoms with Crippen LogP contribution in [0.25, 0.3) is 0 Å². The second-order valence-electron chi connectivity index (χ2n) is 4.55. The molecule has 0 atom stereocenters. The molecule has 1 aromatic heterocycles. The lowest BCUT2D eigenvalue weighted by Crippen LogP contribution is -2.31. The molecule has 1 heterocycles. The van der Waals surface area contributed by atoms with E-state index in [9.17, 15) is 0 Å². The van der Waals surface area contributed by atoms with E-state index in [1.54, 1.807) is 0 Å². The molecule has 0 amide bonds. The van der Waals surface area contributed by atoms with Crippen LogP contribution in [0.2, 0.25) is 0 Å². The quantitative estimate of drug-likeness (QED) is 0.419. The summed E-state index contributed by atoms with van der Waals surface area (Å²) >= 11 is 3.42. The lowest BCUT2D eigenvalue weighted by Gasteiger charge is -1.96. The number of aromatic nitrogens is 2. The standard InChI is InChI=1S/C16H20BrN2/c17-10-6-1-2-7-11-18-12-13-19(15-18)14-16-8-4-3-5-9-16/h1-5,8-9,12-13,15H,6-7,10-11,14H2/q+1/b2-1-. The summed E-state index contributed by atoms with van der Waals surface area (Å²) in [5.74, 6) is 0. The molecule has 100 valence electrons. The Morgan fingerprint density at radius 1 is 1.11 bits per heavy atom. The highest BCUT2D eigenvalue weighted by molar-refractivity contribution is 9.09. The van der Waals surface area contributed by atoms with Crippen molar-refractivity contribution >= 4 is 15.9 Å². The molecular formula is C16H20BrN2+. The van der Waals surface area contributed by atoms with Gasteiger partial charge in [0, 0.05) is 11.8 Å². The summed E-state index contributed by atoms with van der Waals surface area (Å²) < 4.78 is 4.46. The zero-order valence-electron chi connectivity index (χ0n) is 11.1. The molecule has 1 aromatic carbocycles. The molecule has 2 aromatic rings. The number of hydrogen-bond donors (Lipinski definition) is 0. The van der Waals surface area contributed by atoms with Crippen molar-refractivity contribution in [2.45, 2.75) is 25.9 Å². The Morgan fingerprint density at radius 2 is 1.89 bits per heavy atom. The SMILES string of the molecule is BrCC/C=C\CCn1cc[n+](Cc2ccccc2)c1. The van der Waals surface area contributed by atoms with Crippen LogP contribution in [-0.4, -0.2) is 9.90 Å². The van der Waals surface area contributed by atoms with Crippen LogP contribution in [0.3, 0.4) is 0 Å². The minimum absolute atomic E-state index is 0.938. The summed E-state index contributed by atoms with van der Waals surface area (Å²) in [6.07, 6.45) is 13.1. The summed E-state index contributed by atoms with van der Waals surface area (Å²) in [6.45, 7) is 1.98. The number of halogens is 1. The molecule has 0 N–H and O–H groups in total. The number of imidazole rings is 1. The van der Waals surface area contributed by atoms with E-state index < -0.39 is 0 Å². The third-order valence-corrected chi connectivity index (χ3v) is 3.41. The molecule has 2 nitrogen and oxygen atoms in total. The fourth-order valence-electron chi connectivity index (χ4n) is 1.98. The molecule has 0 aliphatic carbocycles. The highest BCUT2D eigenvalue weighted by Crippen LogP contribution is 1.98. The number of benzene rings is 1. The van der Waals surface area contributed by atoms with Gasteiger partial charge in [-0.1, -0.05) is 58.4 Å². The second-order valence-corrected chi connectivity index (χ2v) is 5.34. The van der Waals surface area contributed by atoms with E-state index in [0.717, 1.165) is 31.3 Å². The monoisotopic (exact) mass is 319 g/mol. The van der Waals surface area contributed by atoms with Gasteiger partial charge in [-0.05, 0) is 12.0 Å². The van der Waals surface area contributed by atoms with Crippen LogP contribution in [0.1, 0.15) is 18.4 Å². The Hall–Kier alpha value is -1.35. The van der Waals surface area contributed by atoms with E-state index in [2.05, 4.69) is 86.3 Å². The molecule has 0 spiro atoms. The van der Waals surface area contributed by atoms with E-state index in [1.165, 1.54) is 5.56 Å². The van der Waals surface area contributed by atoms with Crippen molar-refractivity contribution in [1.29, 1.82) is 0 Å². The summed E-state index contributed by atoms with van der Waals surface area (Å²) in [5.41, 5.74) is 1.34. The van der Waals surface area contributed by atoms with Gasteiger partial charge in [-0.2, -0.15) is 0 Å². The van der Waals surface area contributed by atoms with Crippen molar-refractivity contribution in [3.63, 3.8) is 0 Å². The van der Waals surface area contributed by atoms with Crippen molar-refractivity contribution in [3.05, 3.63) is 66.8 Å². The maximum atomic E-state index is 3.42. The van der Waals surface area contributed by atoms with Crippen molar-refractivity contribution in [3.8, 4) is 0 Å². The van der Waals surface area contributed by atoms with Crippen molar-refractivity contribution in [2.24, 2.45) is 0 Å².